The molecule has 0 amide bonds. The van der Waals surface area contributed by atoms with Crippen LogP contribution in [-0.4, -0.2) is 7.11 Å². The smallest absolute Gasteiger partial charge is 0.127 e. The lowest BCUT2D eigenvalue weighted by atomic mass is 9.76. The van der Waals surface area contributed by atoms with Crippen molar-refractivity contribution >= 4 is 0 Å². The van der Waals surface area contributed by atoms with E-state index in [4.69, 9.17) is 10.5 Å². The lowest BCUT2D eigenvalue weighted by Gasteiger charge is -2.35. The first kappa shape index (κ1) is 12.4. The Labute approximate surface area is 102 Å². The van der Waals surface area contributed by atoms with Crippen molar-refractivity contribution in [1.82, 2.24) is 0 Å². The van der Waals surface area contributed by atoms with Gasteiger partial charge in [-0.3, -0.25) is 0 Å². The molecule has 0 radical (unpaired) electrons. The van der Waals surface area contributed by atoms with Gasteiger partial charge in [0, 0.05) is 11.1 Å². The summed E-state index contributed by atoms with van der Waals surface area (Å²) in [7, 11) is 1.62. The first-order valence-corrected chi connectivity index (χ1v) is 6.20. The van der Waals surface area contributed by atoms with Gasteiger partial charge in [0.2, 0.25) is 0 Å². The van der Waals surface area contributed by atoms with Crippen molar-refractivity contribution in [2.24, 2.45) is 5.73 Å². The third-order valence-electron chi connectivity index (χ3n) is 3.73. The Kier molecular flexibility index (Phi) is 3.38. The predicted octanol–water partition coefficient (Wildman–Crippen LogP) is 3.26. The average molecular weight is 237 g/mol. The van der Waals surface area contributed by atoms with Gasteiger partial charge in [0.05, 0.1) is 7.11 Å². The molecule has 0 aliphatic heterocycles. The molecule has 1 aliphatic carbocycles. The largest absolute Gasteiger partial charge is 0.496 e. The summed E-state index contributed by atoms with van der Waals surface area (Å²) >= 11 is 0. The molecule has 0 spiro atoms. The van der Waals surface area contributed by atoms with Crippen LogP contribution in [0.15, 0.2) is 12.1 Å². The van der Waals surface area contributed by atoms with E-state index in [2.05, 4.69) is 0 Å². The van der Waals surface area contributed by atoms with E-state index in [0.717, 1.165) is 42.6 Å². The van der Waals surface area contributed by atoms with E-state index < -0.39 is 5.54 Å². The van der Waals surface area contributed by atoms with Crippen LogP contribution in [0.2, 0.25) is 0 Å². The maximum atomic E-state index is 13.6. The quantitative estimate of drug-likeness (QED) is 0.856. The van der Waals surface area contributed by atoms with Crippen LogP contribution in [-0.2, 0) is 5.54 Å². The maximum absolute atomic E-state index is 13.6. The number of methoxy groups -OCH3 is 1. The molecule has 3 heteroatoms. The van der Waals surface area contributed by atoms with Gasteiger partial charge in [-0.2, -0.15) is 0 Å². The molecule has 0 aromatic heterocycles. The van der Waals surface area contributed by atoms with Gasteiger partial charge in [-0.25, -0.2) is 4.39 Å². The summed E-state index contributed by atoms with van der Waals surface area (Å²) in [5, 5.41) is 0. The molecule has 1 saturated carbocycles. The molecule has 2 nitrogen and oxygen atoms in total. The van der Waals surface area contributed by atoms with Crippen molar-refractivity contribution < 1.29 is 9.13 Å². The maximum Gasteiger partial charge on any atom is 0.127 e. The molecule has 0 heterocycles. The Hall–Kier alpha value is -1.09. The highest BCUT2D eigenvalue weighted by Gasteiger charge is 2.33. The molecular formula is C14H20FNO. The van der Waals surface area contributed by atoms with Crippen LogP contribution in [0.5, 0.6) is 5.75 Å². The number of benzene rings is 1. The summed E-state index contributed by atoms with van der Waals surface area (Å²) in [4.78, 5) is 0. The highest BCUT2D eigenvalue weighted by molar-refractivity contribution is 5.45. The minimum Gasteiger partial charge on any atom is -0.496 e. The second-order valence-electron chi connectivity index (χ2n) is 5.02. The molecule has 17 heavy (non-hydrogen) atoms. The monoisotopic (exact) mass is 237 g/mol. The standard InChI is InChI=1S/C14H20FNO/c1-10-8-11(15)9-12(13(10)17-2)14(16)6-4-3-5-7-14/h8-9H,3-7,16H2,1-2H3. The Balaban J connectivity index is 2.49. The molecular weight excluding hydrogens is 217 g/mol. The first-order valence-electron chi connectivity index (χ1n) is 6.20. The molecule has 2 N–H and O–H groups in total. The summed E-state index contributed by atoms with van der Waals surface area (Å²) in [5.41, 5.74) is 7.68. The summed E-state index contributed by atoms with van der Waals surface area (Å²) in [5.74, 6) is 0.518. The molecule has 0 unspecified atom stereocenters. The third-order valence-corrected chi connectivity index (χ3v) is 3.73. The fourth-order valence-corrected chi connectivity index (χ4v) is 2.82. The van der Waals surface area contributed by atoms with Crippen LogP contribution in [0, 0.1) is 12.7 Å². The molecule has 94 valence electrons. The Morgan fingerprint density at radius 2 is 1.88 bits per heavy atom. The molecule has 0 atom stereocenters. The van der Waals surface area contributed by atoms with Gasteiger partial charge in [-0.1, -0.05) is 19.3 Å². The normalized spacial score (nSPS) is 19.1. The lowest BCUT2D eigenvalue weighted by molar-refractivity contribution is 0.287. The first-order chi connectivity index (χ1) is 8.07. The topological polar surface area (TPSA) is 35.2 Å². The van der Waals surface area contributed by atoms with E-state index in [1.807, 2.05) is 6.92 Å². The fraction of sp³-hybridized carbons (Fsp3) is 0.571. The molecule has 2 rings (SSSR count). The summed E-state index contributed by atoms with van der Waals surface area (Å²) in [6, 6.07) is 3.03. The van der Waals surface area contributed by atoms with Crippen molar-refractivity contribution in [2.45, 2.75) is 44.6 Å². The highest BCUT2D eigenvalue weighted by atomic mass is 19.1. The average Bonchev–Trinajstić information content (AvgIpc) is 2.29. The van der Waals surface area contributed by atoms with Crippen molar-refractivity contribution in [3.8, 4) is 5.75 Å². The second-order valence-corrected chi connectivity index (χ2v) is 5.02. The Morgan fingerprint density at radius 1 is 1.24 bits per heavy atom. The van der Waals surface area contributed by atoms with Crippen LogP contribution in [0.1, 0.15) is 43.2 Å². The van der Waals surface area contributed by atoms with E-state index in [1.165, 1.54) is 18.6 Å². The highest BCUT2D eigenvalue weighted by Crippen LogP contribution is 2.40. The number of aryl methyl sites for hydroxylation is 1. The molecule has 1 fully saturated rings. The fourth-order valence-electron chi connectivity index (χ4n) is 2.82. The van der Waals surface area contributed by atoms with Crippen molar-refractivity contribution in [1.29, 1.82) is 0 Å². The lowest BCUT2D eigenvalue weighted by Crippen LogP contribution is -2.39. The van der Waals surface area contributed by atoms with Gasteiger partial charge in [0.15, 0.2) is 0 Å². The van der Waals surface area contributed by atoms with E-state index in [1.54, 1.807) is 7.11 Å². The zero-order valence-electron chi connectivity index (χ0n) is 10.6. The van der Waals surface area contributed by atoms with Gasteiger partial charge >= 0.3 is 0 Å². The summed E-state index contributed by atoms with van der Waals surface area (Å²) in [6.07, 6.45) is 5.25. The second kappa shape index (κ2) is 4.65. The van der Waals surface area contributed by atoms with Crippen LogP contribution >= 0.6 is 0 Å². The van der Waals surface area contributed by atoms with Crippen molar-refractivity contribution in [2.75, 3.05) is 7.11 Å². The molecule has 1 aromatic carbocycles. The zero-order chi connectivity index (χ0) is 12.5. The Bertz CT molecular complexity index is 411. The van der Waals surface area contributed by atoms with Gasteiger partial charge in [0.25, 0.3) is 0 Å². The van der Waals surface area contributed by atoms with E-state index in [-0.39, 0.29) is 5.82 Å². The van der Waals surface area contributed by atoms with Crippen LogP contribution in [0.25, 0.3) is 0 Å². The van der Waals surface area contributed by atoms with E-state index in [9.17, 15) is 4.39 Å². The number of nitrogens with two attached hydrogens (primary N) is 1. The summed E-state index contributed by atoms with van der Waals surface area (Å²) in [6.45, 7) is 1.86. The van der Waals surface area contributed by atoms with Crippen LogP contribution in [0.3, 0.4) is 0 Å². The van der Waals surface area contributed by atoms with Crippen LogP contribution in [0.4, 0.5) is 4.39 Å². The van der Waals surface area contributed by atoms with Crippen molar-refractivity contribution in [3.05, 3.63) is 29.1 Å². The Morgan fingerprint density at radius 3 is 2.47 bits per heavy atom. The SMILES string of the molecule is COc1c(C)cc(F)cc1C1(N)CCCCC1. The van der Waals surface area contributed by atoms with Crippen molar-refractivity contribution in [3.63, 3.8) is 0 Å². The van der Waals surface area contributed by atoms with Gasteiger partial charge < -0.3 is 10.5 Å². The summed E-state index contributed by atoms with van der Waals surface area (Å²) < 4.78 is 19.0. The zero-order valence-corrected chi connectivity index (χ0v) is 10.6. The molecule has 0 saturated heterocycles. The predicted molar refractivity (Wildman–Crippen MR) is 66.6 cm³/mol. The number of rotatable bonds is 2. The molecule has 1 aliphatic rings. The van der Waals surface area contributed by atoms with Crippen LogP contribution < -0.4 is 10.5 Å². The third kappa shape index (κ3) is 2.29. The van der Waals surface area contributed by atoms with E-state index in [0.29, 0.717) is 0 Å². The number of ether oxygens (including phenoxy) is 1. The number of hydrogen-bond acceptors (Lipinski definition) is 2. The van der Waals surface area contributed by atoms with E-state index >= 15 is 0 Å². The minimum atomic E-state index is -0.420. The molecule has 1 aromatic rings. The van der Waals surface area contributed by atoms with Gasteiger partial charge in [0.1, 0.15) is 11.6 Å². The minimum absolute atomic E-state index is 0.228. The molecule has 0 bridgehead atoms. The number of halogens is 1. The van der Waals surface area contributed by atoms with Gasteiger partial charge in [-0.15, -0.1) is 0 Å². The number of hydrogen-bond donors (Lipinski definition) is 1. The van der Waals surface area contributed by atoms with Gasteiger partial charge in [-0.05, 0) is 37.5 Å².